The Morgan fingerprint density at radius 1 is 1.07 bits per heavy atom. The Morgan fingerprint density at radius 2 is 1.79 bits per heavy atom. The molecule has 2 amide bonds. The number of nitrogens with zero attached hydrogens (tertiary/aromatic N) is 1. The number of amides is 2. The zero-order valence-electron chi connectivity index (χ0n) is 17.7. The topological polar surface area (TPSA) is 58.6 Å². The van der Waals surface area contributed by atoms with E-state index in [4.69, 9.17) is 4.74 Å². The second-order valence-corrected chi connectivity index (χ2v) is 8.30. The molecule has 5 nitrogen and oxygen atoms in total. The van der Waals surface area contributed by atoms with E-state index < -0.39 is 0 Å². The third kappa shape index (κ3) is 5.37. The van der Waals surface area contributed by atoms with Crippen molar-refractivity contribution in [3.05, 3.63) is 53.6 Å². The number of aryl methyl sites for hydroxylation is 1. The van der Waals surface area contributed by atoms with Crippen molar-refractivity contribution in [2.75, 3.05) is 23.4 Å². The van der Waals surface area contributed by atoms with Gasteiger partial charge in [-0.2, -0.15) is 0 Å². The molecule has 3 rings (SSSR count). The first-order chi connectivity index (χ1) is 13.8. The molecule has 0 radical (unpaired) electrons. The largest absolute Gasteiger partial charge is 0.484 e. The lowest BCUT2D eigenvalue weighted by Gasteiger charge is -2.31. The van der Waals surface area contributed by atoms with Crippen LogP contribution in [0.1, 0.15) is 51.2 Å². The van der Waals surface area contributed by atoms with Crippen LogP contribution in [-0.4, -0.2) is 25.0 Å². The van der Waals surface area contributed by atoms with Gasteiger partial charge < -0.3 is 15.0 Å². The van der Waals surface area contributed by atoms with Crippen LogP contribution in [0.25, 0.3) is 0 Å². The summed E-state index contributed by atoms with van der Waals surface area (Å²) in [5.41, 5.74) is 4.01. The highest BCUT2D eigenvalue weighted by Crippen LogP contribution is 2.31. The number of anilines is 2. The summed E-state index contributed by atoms with van der Waals surface area (Å²) >= 11 is 0. The quantitative estimate of drug-likeness (QED) is 0.736. The van der Waals surface area contributed by atoms with Crippen molar-refractivity contribution in [3.63, 3.8) is 0 Å². The summed E-state index contributed by atoms with van der Waals surface area (Å²) in [6.45, 7) is 9.15. The number of ether oxygens (including phenoxy) is 1. The van der Waals surface area contributed by atoms with E-state index in [-0.39, 0.29) is 18.4 Å². The van der Waals surface area contributed by atoms with E-state index in [1.165, 1.54) is 5.56 Å². The summed E-state index contributed by atoms with van der Waals surface area (Å²) < 4.78 is 5.60. The molecule has 0 unspecified atom stereocenters. The maximum absolute atomic E-state index is 12.3. The van der Waals surface area contributed by atoms with Crippen molar-refractivity contribution in [1.82, 2.24) is 0 Å². The molecule has 0 spiro atoms. The SMILES string of the molecule is CC(C)CN1C(=O)CCc2cc(NC(=O)COc3ccc(C(C)C)cc3)ccc21. The van der Waals surface area contributed by atoms with Crippen LogP contribution in [0, 0.1) is 5.92 Å². The van der Waals surface area contributed by atoms with Crippen molar-refractivity contribution in [1.29, 1.82) is 0 Å². The Hall–Kier alpha value is -2.82. The number of rotatable bonds is 7. The Bertz CT molecular complexity index is 872. The predicted octanol–water partition coefficient (Wildman–Crippen LogP) is 4.76. The lowest BCUT2D eigenvalue weighted by molar-refractivity contribution is -0.119. The van der Waals surface area contributed by atoms with Gasteiger partial charge in [0.2, 0.25) is 5.91 Å². The van der Waals surface area contributed by atoms with Crippen molar-refractivity contribution in [3.8, 4) is 5.75 Å². The minimum absolute atomic E-state index is 0.0456. The molecule has 0 aliphatic carbocycles. The van der Waals surface area contributed by atoms with Gasteiger partial charge in [0.05, 0.1) is 0 Å². The van der Waals surface area contributed by atoms with Crippen LogP contribution in [0.15, 0.2) is 42.5 Å². The van der Waals surface area contributed by atoms with Crippen molar-refractivity contribution in [2.24, 2.45) is 5.92 Å². The maximum Gasteiger partial charge on any atom is 0.262 e. The van der Waals surface area contributed by atoms with Crippen molar-refractivity contribution in [2.45, 2.75) is 46.5 Å². The molecule has 1 N–H and O–H groups in total. The van der Waals surface area contributed by atoms with Gasteiger partial charge in [-0.3, -0.25) is 9.59 Å². The maximum atomic E-state index is 12.3. The normalized spacial score (nSPS) is 13.6. The molecule has 0 bridgehead atoms. The fourth-order valence-electron chi connectivity index (χ4n) is 3.50. The molecule has 154 valence electrons. The molecule has 1 aliphatic rings. The molecular weight excluding hydrogens is 364 g/mol. The molecular formula is C24H30N2O3. The lowest BCUT2D eigenvalue weighted by Crippen LogP contribution is -2.37. The first-order valence-corrected chi connectivity index (χ1v) is 10.3. The minimum Gasteiger partial charge on any atom is -0.484 e. The zero-order valence-corrected chi connectivity index (χ0v) is 17.7. The van der Waals surface area contributed by atoms with Crippen molar-refractivity contribution < 1.29 is 14.3 Å². The molecule has 5 heteroatoms. The van der Waals surface area contributed by atoms with Gasteiger partial charge in [-0.05, 0) is 59.7 Å². The Labute approximate surface area is 173 Å². The molecule has 0 saturated carbocycles. The van der Waals surface area contributed by atoms with Gasteiger partial charge in [0, 0.05) is 24.3 Å². The highest BCUT2D eigenvalue weighted by molar-refractivity contribution is 5.97. The van der Waals surface area contributed by atoms with E-state index in [1.54, 1.807) is 0 Å². The molecule has 29 heavy (non-hydrogen) atoms. The standard InChI is InChI=1S/C24H30N2O3/c1-16(2)14-26-22-11-8-20(13-19(22)7-12-24(26)28)25-23(27)15-29-21-9-5-18(6-10-21)17(3)4/h5-6,8-11,13,16-17H,7,12,14-15H2,1-4H3,(H,25,27). The molecule has 2 aromatic carbocycles. The fourth-order valence-corrected chi connectivity index (χ4v) is 3.50. The predicted molar refractivity (Wildman–Crippen MR) is 117 cm³/mol. The number of nitrogens with one attached hydrogen (secondary N) is 1. The Kier molecular flexibility index (Phi) is 6.57. The van der Waals surface area contributed by atoms with Crippen LogP contribution in [-0.2, 0) is 16.0 Å². The summed E-state index contributed by atoms with van der Waals surface area (Å²) in [4.78, 5) is 26.4. The van der Waals surface area contributed by atoms with Crippen LogP contribution in [0.4, 0.5) is 11.4 Å². The number of carbonyl (C=O) groups is 2. The monoisotopic (exact) mass is 394 g/mol. The fraction of sp³-hybridized carbons (Fsp3) is 0.417. The number of hydrogen-bond donors (Lipinski definition) is 1. The number of benzene rings is 2. The van der Waals surface area contributed by atoms with Crippen LogP contribution >= 0.6 is 0 Å². The lowest BCUT2D eigenvalue weighted by atomic mass is 9.99. The van der Waals surface area contributed by atoms with Gasteiger partial charge in [-0.15, -0.1) is 0 Å². The highest BCUT2D eigenvalue weighted by Gasteiger charge is 2.24. The van der Waals surface area contributed by atoms with E-state index in [9.17, 15) is 9.59 Å². The van der Waals surface area contributed by atoms with Gasteiger partial charge in [-0.25, -0.2) is 0 Å². The molecule has 0 atom stereocenters. The summed E-state index contributed by atoms with van der Waals surface area (Å²) in [5.74, 6) is 1.50. The van der Waals surface area contributed by atoms with Crippen molar-refractivity contribution >= 4 is 23.2 Å². The zero-order chi connectivity index (χ0) is 21.0. The minimum atomic E-state index is -0.205. The summed E-state index contributed by atoms with van der Waals surface area (Å²) in [7, 11) is 0. The first kappa shape index (κ1) is 20.9. The summed E-state index contributed by atoms with van der Waals surface area (Å²) in [6, 6.07) is 13.6. The van der Waals surface area contributed by atoms with Crippen LogP contribution in [0.3, 0.4) is 0 Å². The third-order valence-electron chi connectivity index (χ3n) is 5.03. The number of hydrogen-bond acceptors (Lipinski definition) is 3. The van der Waals surface area contributed by atoms with Crippen LogP contribution < -0.4 is 15.0 Å². The number of carbonyl (C=O) groups excluding carboxylic acids is 2. The van der Waals surface area contributed by atoms with E-state index >= 15 is 0 Å². The first-order valence-electron chi connectivity index (χ1n) is 10.3. The van der Waals surface area contributed by atoms with Gasteiger partial charge in [0.1, 0.15) is 5.75 Å². The molecule has 0 saturated heterocycles. The van der Waals surface area contributed by atoms with Gasteiger partial charge in [-0.1, -0.05) is 39.8 Å². The molecule has 2 aromatic rings. The van der Waals surface area contributed by atoms with E-state index in [0.717, 1.165) is 16.9 Å². The van der Waals surface area contributed by atoms with Crippen LogP contribution in [0.5, 0.6) is 5.75 Å². The number of fused-ring (bicyclic) bond motifs is 1. The molecule has 0 fully saturated rings. The summed E-state index contributed by atoms with van der Waals surface area (Å²) in [5, 5.41) is 2.89. The average molecular weight is 395 g/mol. The van der Waals surface area contributed by atoms with E-state index in [2.05, 4.69) is 33.0 Å². The van der Waals surface area contributed by atoms with Gasteiger partial charge in [0.15, 0.2) is 6.61 Å². The smallest absolute Gasteiger partial charge is 0.262 e. The van der Waals surface area contributed by atoms with Crippen LogP contribution in [0.2, 0.25) is 0 Å². The third-order valence-corrected chi connectivity index (χ3v) is 5.03. The Balaban J connectivity index is 1.60. The highest BCUT2D eigenvalue weighted by atomic mass is 16.5. The molecule has 0 aromatic heterocycles. The summed E-state index contributed by atoms with van der Waals surface area (Å²) in [6.07, 6.45) is 1.21. The average Bonchev–Trinajstić information content (AvgIpc) is 2.68. The Morgan fingerprint density at radius 3 is 2.45 bits per heavy atom. The van der Waals surface area contributed by atoms with E-state index in [0.29, 0.717) is 37.0 Å². The molecule has 1 aliphatic heterocycles. The van der Waals surface area contributed by atoms with Gasteiger partial charge >= 0.3 is 0 Å². The van der Waals surface area contributed by atoms with E-state index in [1.807, 2.05) is 47.4 Å². The second-order valence-electron chi connectivity index (χ2n) is 8.30. The second kappa shape index (κ2) is 9.12. The molecule has 1 heterocycles. The van der Waals surface area contributed by atoms with Gasteiger partial charge in [0.25, 0.3) is 5.91 Å².